The normalized spacial score (nSPS) is 11.5. The van der Waals surface area contributed by atoms with Gasteiger partial charge in [0.2, 0.25) is 0 Å². The molecule has 84 valence electrons. The lowest BCUT2D eigenvalue weighted by atomic mass is 10.3. The number of carboxylic acids is 1. The quantitative estimate of drug-likeness (QED) is 0.887. The third-order valence-electron chi connectivity index (χ3n) is 1.66. The summed E-state index contributed by atoms with van der Waals surface area (Å²) in [7, 11) is -3.36. The maximum atomic E-state index is 11.6. The Labute approximate surface area is 96.4 Å². The van der Waals surface area contributed by atoms with E-state index in [2.05, 4.69) is 0 Å². The number of rotatable bonds is 5. The van der Waals surface area contributed by atoms with Crippen molar-refractivity contribution in [3.8, 4) is 0 Å². The minimum Gasteiger partial charge on any atom is -0.481 e. The standard InChI is InChI=1S/C8H9ClO4S2/c9-6-3-4-8(14-6)15(12,13)5-1-2-7(10)11/h3-4H,1-2,5H2,(H,10,11). The summed E-state index contributed by atoms with van der Waals surface area (Å²) in [5.41, 5.74) is 0. The van der Waals surface area contributed by atoms with Crippen LogP contribution in [0, 0.1) is 0 Å². The molecular formula is C8H9ClO4S2. The SMILES string of the molecule is O=C(O)CCCS(=O)(=O)c1ccc(Cl)s1. The van der Waals surface area contributed by atoms with Crippen LogP contribution < -0.4 is 0 Å². The minimum atomic E-state index is -3.36. The molecule has 1 aromatic heterocycles. The van der Waals surface area contributed by atoms with Crippen LogP contribution in [0.1, 0.15) is 12.8 Å². The van der Waals surface area contributed by atoms with Crippen molar-refractivity contribution in [2.45, 2.75) is 17.1 Å². The van der Waals surface area contributed by atoms with Crippen molar-refractivity contribution in [1.29, 1.82) is 0 Å². The van der Waals surface area contributed by atoms with Gasteiger partial charge in [0, 0.05) is 6.42 Å². The van der Waals surface area contributed by atoms with E-state index >= 15 is 0 Å². The second-order valence-corrected chi connectivity index (χ2v) is 6.93. The van der Waals surface area contributed by atoms with Crippen molar-refractivity contribution in [3.63, 3.8) is 0 Å². The van der Waals surface area contributed by atoms with E-state index in [1.54, 1.807) is 0 Å². The molecule has 4 nitrogen and oxygen atoms in total. The van der Waals surface area contributed by atoms with Gasteiger partial charge in [0.1, 0.15) is 4.21 Å². The molecule has 0 aliphatic carbocycles. The van der Waals surface area contributed by atoms with Crippen molar-refractivity contribution in [2.24, 2.45) is 0 Å². The number of aliphatic carboxylic acids is 1. The van der Waals surface area contributed by atoms with Gasteiger partial charge in [0.15, 0.2) is 9.84 Å². The number of carboxylic acid groups (broad SMARTS) is 1. The summed E-state index contributed by atoms with van der Waals surface area (Å²) in [6.07, 6.45) is -0.0223. The highest BCUT2D eigenvalue weighted by atomic mass is 35.5. The lowest BCUT2D eigenvalue weighted by Gasteiger charge is -1.99. The third-order valence-corrected chi connectivity index (χ3v) is 5.27. The molecule has 0 spiro atoms. The molecule has 1 rings (SSSR count). The zero-order valence-corrected chi connectivity index (χ0v) is 10.0. The average molecular weight is 269 g/mol. The Kier molecular flexibility index (Phi) is 4.12. The highest BCUT2D eigenvalue weighted by molar-refractivity contribution is 7.93. The van der Waals surface area contributed by atoms with E-state index in [1.165, 1.54) is 12.1 Å². The van der Waals surface area contributed by atoms with Gasteiger partial charge in [-0.2, -0.15) is 0 Å². The van der Waals surface area contributed by atoms with E-state index in [9.17, 15) is 13.2 Å². The monoisotopic (exact) mass is 268 g/mol. The first-order valence-corrected chi connectivity index (χ1v) is 6.96. The van der Waals surface area contributed by atoms with Gasteiger partial charge in [-0.05, 0) is 18.6 Å². The third kappa shape index (κ3) is 3.81. The molecule has 0 unspecified atom stereocenters. The van der Waals surface area contributed by atoms with Gasteiger partial charge in [-0.15, -0.1) is 11.3 Å². The van der Waals surface area contributed by atoms with Crippen molar-refractivity contribution in [3.05, 3.63) is 16.5 Å². The Hall–Kier alpha value is -0.590. The molecule has 1 heterocycles. The summed E-state index contributed by atoms with van der Waals surface area (Å²) in [5.74, 6) is -1.15. The van der Waals surface area contributed by atoms with E-state index in [1.807, 2.05) is 0 Å². The summed E-state index contributed by atoms with van der Waals surface area (Å²) in [6, 6.07) is 2.94. The number of sulfone groups is 1. The summed E-state index contributed by atoms with van der Waals surface area (Å²) in [6.45, 7) is 0. The molecule has 0 aliphatic heterocycles. The Morgan fingerprint density at radius 3 is 2.60 bits per heavy atom. The van der Waals surface area contributed by atoms with Crippen LogP contribution in [0.2, 0.25) is 4.34 Å². The van der Waals surface area contributed by atoms with Crippen molar-refractivity contribution >= 4 is 38.7 Å². The van der Waals surface area contributed by atoms with Crippen LogP contribution >= 0.6 is 22.9 Å². The molecule has 0 bridgehead atoms. The average Bonchev–Trinajstić information content (AvgIpc) is 2.51. The number of carbonyl (C=O) groups is 1. The fourth-order valence-electron chi connectivity index (χ4n) is 0.979. The molecule has 7 heteroatoms. The lowest BCUT2D eigenvalue weighted by molar-refractivity contribution is -0.137. The van der Waals surface area contributed by atoms with Gasteiger partial charge in [0.25, 0.3) is 0 Å². The van der Waals surface area contributed by atoms with E-state index < -0.39 is 15.8 Å². The van der Waals surface area contributed by atoms with Crippen LogP contribution in [0.5, 0.6) is 0 Å². The zero-order valence-electron chi connectivity index (χ0n) is 7.64. The molecule has 0 amide bonds. The van der Waals surface area contributed by atoms with Gasteiger partial charge in [0.05, 0.1) is 10.1 Å². The van der Waals surface area contributed by atoms with Crippen LogP contribution in [0.15, 0.2) is 16.3 Å². The Morgan fingerprint density at radius 2 is 2.13 bits per heavy atom. The summed E-state index contributed by atoms with van der Waals surface area (Å²) in [5, 5.41) is 8.37. The second-order valence-electron chi connectivity index (χ2n) is 2.87. The maximum Gasteiger partial charge on any atom is 0.303 e. The highest BCUT2D eigenvalue weighted by Crippen LogP contribution is 2.26. The molecule has 0 aromatic carbocycles. The summed E-state index contributed by atoms with van der Waals surface area (Å²) < 4.78 is 23.8. The molecular weight excluding hydrogens is 260 g/mol. The van der Waals surface area contributed by atoms with E-state index in [4.69, 9.17) is 16.7 Å². The number of halogens is 1. The van der Waals surface area contributed by atoms with Gasteiger partial charge in [-0.3, -0.25) is 4.79 Å². The molecule has 0 saturated heterocycles. The maximum absolute atomic E-state index is 11.6. The molecule has 0 atom stereocenters. The largest absolute Gasteiger partial charge is 0.481 e. The molecule has 0 radical (unpaired) electrons. The predicted octanol–water partition coefficient (Wildman–Crippen LogP) is 2.04. The first-order valence-electron chi connectivity index (χ1n) is 4.12. The summed E-state index contributed by atoms with van der Waals surface area (Å²) in [4.78, 5) is 10.2. The van der Waals surface area contributed by atoms with Gasteiger partial charge in [-0.1, -0.05) is 11.6 Å². The van der Waals surface area contributed by atoms with E-state index in [0.717, 1.165) is 11.3 Å². The van der Waals surface area contributed by atoms with E-state index in [0.29, 0.717) is 4.34 Å². The van der Waals surface area contributed by atoms with Crippen LogP contribution in [-0.2, 0) is 14.6 Å². The highest BCUT2D eigenvalue weighted by Gasteiger charge is 2.16. The van der Waals surface area contributed by atoms with Gasteiger partial charge in [-0.25, -0.2) is 8.42 Å². The minimum absolute atomic E-state index is 0.118. The molecule has 0 aliphatic rings. The molecule has 1 aromatic rings. The smallest absolute Gasteiger partial charge is 0.303 e. The van der Waals surface area contributed by atoms with Crippen molar-refractivity contribution < 1.29 is 18.3 Å². The first kappa shape index (κ1) is 12.5. The fourth-order valence-corrected chi connectivity index (χ4v) is 3.92. The first-order chi connectivity index (χ1) is 6.92. The topological polar surface area (TPSA) is 71.4 Å². The fraction of sp³-hybridized carbons (Fsp3) is 0.375. The Balaban J connectivity index is 2.64. The molecule has 1 N–H and O–H groups in total. The van der Waals surface area contributed by atoms with Crippen LogP contribution in [0.25, 0.3) is 0 Å². The Morgan fingerprint density at radius 1 is 1.47 bits per heavy atom. The predicted molar refractivity (Wildman–Crippen MR) is 58.3 cm³/mol. The van der Waals surface area contributed by atoms with Crippen LogP contribution in [-0.4, -0.2) is 25.2 Å². The lowest BCUT2D eigenvalue weighted by Crippen LogP contribution is -2.07. The zero-order chi connectivity index (χ0) is 11.5. The second kappa shape index (κ2) is 4.96. The number of thiophene rings is 1. The van der Waals surface area contributed by atoms with Gasteiger partial charge >= 0.3 is 5.97 Å². The van der Waals surface area contributed by atoms with Crippen molar-refractivity contribution in [2.75, 3.05) is 5.75 Å². The number of hydrogen-bond donors (Lipinski definition) is 1. The molecule has 15 heavy (non-hydrogen) atoms. The number of hydrogen-bond acceptors (Lipinski definition) is 4. The Bertz CT molecular complexity index is 449. The van der Waals surface area contributed by atoms with Crippen molar-refractivity contribution in [1.82, 2.24) is 0 Å². The molecule has 0 fully saturated rings. The van der Waals surface area contributed by atoms with Crippen LogP contribution in [0.4, 0.5) is 0 Å². The van der Waals surface area contributed by atoms with Crippen LogP contribution in [0.3, 0.4) is 0 Å². The molecule has 0 saturated carbocycles. The van der Waals surface area contributed by atoms with Gasteiger partial charge < -0.3 is 5.11 Å². The summed E-state index contributed by atoms with van der Waals surface area (Å²) >= 11 is 6.59. The van der Waals surface area contributed by atoms with E-state index in [-0.39, 0.29) is 22.8 Å².